The Labute approximate surface area is 156 Å². The van der Waals surface area contributed by atoms with Gasteiger partial charge in [0.2, 0.25) is 5.16 Å². The van der Waals surface area contributed by atoms with Crippen molar-refractivity contribution in [3.05, 3.63) is 56.7 Å². The third-order valence-corrected chi connectivity index (χ3v) is 5.04. The molecule has 1 aromatic carbocycles. The van der Waals surface area contributed by atoms with Gasteiger partial charge in [0.25, 0.3) is 5.78 Å². The largest absolute Gasteiger partial charge is 0.506 e. The van der Waals surface area contributed by atoms with Gasteiger partial charge >= 0.3 is 5.63 Å². The first-order valence-electron chi connectivity index (χ1n) is 7.70. The lowest BCUT2D eigenvalue weighted by Crippen LogP contribution is -2.00. The molecule has 0 fully saturated rings. The Bertz CT molecular complexity index is 1220. The van der Waals surface area contributed by atoms with Crippen LogP contribution in [0.5, 0.6) is 5.75 Å². The number of thioether (sulfide) groups is 1. The average Bonchev–Trinajstić information content (AvgIpc) is 2.97. The maximum atomic E-state index is 11.8. The Morgan fingerprint density at radius 2 is 2.04 bits per heavy atom. The summed E-state index contributed by atoms with van der Waals surface area (Å²) >= 11 is 7.37. The maximum Gasteiger partial charge on any atom is 0.336 e. The molecule has 132 valence electrons. The molecule has 0 unspecified atom stereocenters. The summed E-state index contributed by atoms with van der Waals surface area (Å²) in [6.07, 6.45) is 0. The van der Waals surface area contributed by atoms with E-state index in [1.54, 1.807) is 10.6 Å². The third-order valence-electron chi connectivity index (χ3n) is 3.85. The van der Waals surface area contributed by atoms with Crippen molar-refractivity contribution in [2.24, 2.45) is 0 Å². The van der Waals surface area contributed by atoms with Crippen molar-refractivity contribution in [3.63, 3.8) is 0 Å². The topological polar surface area (TPSA) is 93.5 Å². The first-order valence-corrected chi connectivity index (χ1v) is 9.06. The quantitative estimate of drug-likeness (QED) is 0.424. The highest BCUT2D eigenvalue weighted by Crippen LogP contribution is 2.32. The maximum absolute atomic E-state index is 11.8. The number of rotatable bonds is 3. The number of hydrogen-bond donors (Lipinski definition) is 1. The number of aromatic hydroxyl groups is 1. The van der Waals surface area contributed by atoms with Crippen LogP contribution < -0.4 is 5.63 Å². The number of aromatic nitrogens is 4. The van der Waals surface area contributed by atoms with E-state index in [-0.39, 0.29) is 16.4 Å². The summed E-state index contributed by atoms with van der Waals surface area (Å²) in [5.74, 6) is 0.847. The molecule has 9 heteroatoms. The lowest BCUT2D eigenvalue weighted by Gasteiger charge is -2.05. The number of phenols is 1. The second-order valence-corrected chi connectivity index (χ2v) is 7.17. The molecule has 0 radical (unpaired) electrons. The van der Waals surface area contributed by atoms with Crippen LogP contribution in [0.1, 0.15) is 17.0 Å². The molecule has 1 N–H and O–H groups in total. The third kappa shape index (κ3) is 3.02. The molecule has 0 saturated heterocycles. The van der Waals surface area contributed by atoms with Gasteiger partial charge in [-0.1, -0.05) is 23.4 Å². The van der Waals surface area contributed by atoms with E-state index < -0.39 is 5.63 Å². The lowest BCUT2D eigenvalue weighted by molar-refractivity contribution is 0.473. The van der Waals surface area contributed by atoms with Crippen LogP contribution >= 0.6 is 23.4 Å². The predicted molar refractivity (Wildman–Crippen MR) is 99.0 cm³/mol. The van der Waals surface area contributed by atoms with Crippen LogP contribution in [0.15, 0.2) is 38.6 Å². The van der Waals surface area contributed by atoms with Gasteiger partial charge in [-0.05, 0) is 31.5 Å². The van der Waals surface area contributed by atoms with Crippen LogP contribution in [0.4, 0.5) is 0 Å². The van der Waals surface area contributed by atoms with Crippen molar-refractivity contribution in [1.29, 1.82) is 0 Å². The lowest BCUT2D eigenvalue weighted by atomic mass is 10.1. The molecule has 4 rings (SSSR count). The summed E-state index contributed by atoms with van der Waals surface area (Å²) in [4.78, 5) is 20.6. The highest BCUT2D eigenvalue weighted by Gasteiger charge is 2.13. The molecule has 0 spiro atoms. The minimum atomic E-state index is -0.495. The molecule has 0 atom stereocenters. The van der Waals surface area contributed by atoms with E-state index in [2.05, 4.69) is 15.1 Å². The van der Waals surface area contributed by atoms with E-state index in [9.17, 15) is 9.90 Å². The summed E-state index contributed by atoms with van der Waals surface area (Å²) in [6.45, 7) is 3.85. The Kier molecular flexibility index (Phi) is 4.08. The van der Waals surface area contributed by atoms with Gasteiger partial charge in [0.05, 0.1) is 5.02 Å². The minimum Gasteiger partial charge on any atom is -0.506 e. The molecule has 4 aromatic rings. The summed E-state index contributed by atoms with van der Waals surface area (Å²) in [7, 11) is 0. The summed E-state index contributed by atoms with van der Waals surface area (Å²) in [5.41, 5.74) is 2.33. The molecule has 0 bridgehead atoms. The van der Waals surface area contributed by atoms with Crippen LogP contribution in [-0.4, -0.2) is 24.7 Å². The highest BCUT2D eigenvalue weighted by atomic mass is 35.5. The molecular weight excluding hydrogens is 376 g/mol. The van der Waals surface area contributed by atoms with Crippen LogP contribution in [0.25, 0.3) is 16.7 Å². The number of benzene rings is 1. The van der Waals surface area contributed by atoms with Gasteiger partial charge in [-0.15, -0.1) is 5.10 Å². The smallest absolute Gasteiger partial charge is 0.336 e. The van der Waals surface area contributed by atoms with Gasteiger partial charge in [-0.3, -0.25) is 0 Å². The van der Waals surface area contributed by atoms with Gasteiger partial charge in [-0.25, -0.2) is 14.3 Å². The number of nitrogens with zero attached hydrogens (tertiary/aromatic N) is 4. The molecule has 3 aromatic heterocycles. The fourth-order valence-electron chi connectivity index (χ4n) is 2.71. The number of phenolic OH excluding ortho intramolecular Hbond substituents is 1. The van der Waals surface area contributed by atoms with Crippen LogP contribution in [0, 0.1) is 13.8 Å². The van der Waals surface area contributed by atoms with E-state index in [1.807, 2.05) is 19.9 Å². The van der Waals surface area contributed by atoms with E-state index in [4.69, 9.17) is 16.0 Å². The normalized spacial score (nSPS) is 11.5. The molecule has 3 heterocycles. The zero-order valence-corrected chi connectivity index (χ0v) is 15.4. The molecule has 26 heavy (non-hydrogen) atoms. The van der Waals surface area contributed by atoms with Crippen molar-refractivity contribution in [3.8, 4) is 5.75 Å². The van der Waals surface area contributed by atoms with Crippen molar-refractivity contribution in [2.45, 2.75) is 24.8 Å². The van der Waals surface area contributed by atoms with Gasteiger partial charge in [0.15, 0.2) is 0 Å². The Balaban J connectivity index is 1.71. The van der Waals surface area contributed by atoms with Crippen LogP contribution in [-0.2, 0) is 5.75 Å². The van der Waals surface area contributed by atoms with Gasteiger partial charge in [0, 0.05) is 34.7 Å². The van der Waals surface area contributed by atoms with E-state index in [0.717, 1.165) is 17.0 Å². The van der Waals surface area contributed by atoms with Crippen molar-refractivity contribution in [1.82, 2.24) is 19.6 Å². The van der Waals surface area contributed by atoms with Crippen LogP contribution in [0.3, 0.4) is 0 Å². The fraction of sp³-hybridized carbons (Fsp3) is 0.176. The number of aryl methyl sites for hydroxylation is 2. The Hall–Kier alpha value is -2.58. The zero-order chi connectivity index (χ0) is 18.4. The monoisotopic (exact) mass is 388 g/mol. The molecule has 0 aliphatic heterocycles. The Morgan fingerprint density at radius 3 is 2.85 bits per heavy atom. The number of fused-ring (bicyclic) bond motifs is 2. The molecule has 0 aliphatic rings. The Morgan fingerprint density at radius 1 is 1.23 bits per heavy atom. The predicted octanol–water partition coefficient (Wildman–Crippen LogP) is 3.50. The second-order valence-electron chi connectivity index (χ2n) is 5.82. The van der Waals surface area contributed by atoms with Gasteiger partial charge in [0.1, 0.15) is 11.3 Å². The SMILES string of the molecule is Cc1cc(C)n2nc(SCc3cc(=O)oc4cc(O)c(Cl)cc34)nc2n1. The highest BCUT2D eigenvalue weighted by molar-refractivity contribution is 7.98. The van der Waals surface area contributed by atoms with Crippen molar-refractivity contribution in [2.75, 3.05) is 0 Å². The van der Waals surface area contributed by atoms with Crippen molar-refractivity contribution < 1.29 is 9.52 Å². The minimum absolute atomic E-state index is 0.133. The zero-order valence-electron chi connectivity index (χ0n) is 13.9. The number of halogens is 1. The molecule has 0 aliphatic carbocycles. The average molecular weight is 389 g/mol. The van der Waals surface area contributed by atoms with E-state index in [1.165, 1.54) is 23.9 Å². The summed E-state index contributed by atoms with van der Waals surface area (Å²) in [6, 6.07) is 6.26. The first-order chi connectivity index (χ1) is 12.4. The van der Waals surface area contributed by atoms with Gasteiger partial charge in [-0.2, -0.15) is 4.98 Å². The standard InChI is InChI=1S/C17H13ClN4O3S/c1-8-3-9(2)22-16(19-8)20-17(21-22)26-7-10-4-15(24)25-14-6-13(23)12(18)5-11(10)14/h3-6,23H,7H2,1-2H3. The summed E-state index contributed by atoms with van der Waals surface area (Å²) in [5, 5.41) is 15.6. The van der Waals surface area contributed by atoms with Crippen molar-refractivity contribution >= 4 is 40.1 Å². The molecular formula is C17H13ClN4O3S. The van der Waals surface area contributed by atoms with Gasteiger partial charge < -0.3 is 9.52 Å². The molecule has 0 saturated carbocycles. The first kappa shape index (κ1) is 16.9. The molecule has 0 amide bonds. The molecule has 7 nitrogen and oxygen atoms in total. The summed E-state index contributed by atoms with van der Waals surface area (Å²) < 4.78 is 6.82. The number of hydrogen-bond acceptors (Lipinski definition) is 7. The fourth-order valence-corrected chi connectivity index (χ4v) is 3.68. The van der Waals surface area contributed by atoms with E-state index in [0.29, 0.717) is 22.1 Å². The second kappa shape index (κ2) is 6.30. The van der Waals surface area contributed by atoms with E-state index >= 15 is 0 Å². The van der Waals surface area contributed by atoms with Crippen LogP contribution in [0.2, 0.25) is 5.02 Å².